The zero-order valence-corrected chi connectivity index (χ0v) is 13.7. The molecule has 0 radical (unpaired) electrons. The number of Topliss-reactive ketones (excluding diaryl/α,β-unsaturated/α-hetero) is 1. The van der Waals surface area contributed by atoms with Crippen LogP contribution in [0.25, 0.3) is 0 Å². The summed E-state index contributed by atoms with van der Waals surface area (Å²) in [5.74, 6) is 0.190. The summed E-state index contributed by atoms with van der Waals surface area (Å²) >= 11 is 5.95. The maximum absolute atomic E-state index is 12.2. The van der Waals surface area contributed by atoms with Gasteiger partial charge in [0.2, 0.25) is 0 Å². The van der Waals surface area contributed by atoms with Crippen LogP contribution in [0.4, 0.5) is 0 Å². The minimum Gasteiger partial charge on any atom is -0.371 e. The Morgan fingerprint density at radius 2 is 1.91 bits per heavy atom. The molecule has 23 heavy (non-hydrogen) atoms. The predicted molar refractivity (Wildman–Crippen MR) is 91.9 cm³/mol. The first-order valence-corrected chi connectivity index (χ1v) is 8.26. The molecule has 2 aromatic rings. The number of ether oxygens (including phenoxy) is 1. The van der Waals surface area contributed by atoms with E-state index in [-0.39, 0.29) is 11.9 Å². The number of hydrogen-bond acceptors (Lipinski definition) is 3. The van der Waals surface area contributed by atoms with Gasteiger partial charge >= 0.3 is 0 Å². The molecule has 0 aromatic heterocycles. The van der Waals surface area contributed by atoms with Gasteiger partial charge in [-0.1, -0.05) is 48.0 Å². The summed E-state index contributed by atoms with van der Waals surface area (Å²) in [6.45, 7) is 2.49. The summed E-state index contributed by atoms with van der Waals surface area (Å²) in [6.07, 6.45) is 0.967. The number of nitrogens with one attached hydrogen (secondary N) is 1. The van der Waals surface area contributed by atoms with Crippen molar-refractivity contribution in [3.63, 3.8) is 0 Å². The maximum Gasteiger partial charge on any atom is 0.141 e. The van der Waals surface area contributed by atoms with Gasteiger partial charge in [0.15, 0.2) is 0 Å². The van der Waals surface area contributed by atoms with Crippen LogP contribution in [0.2, 0.25) is 5.02 Å². The lowest BCUT2D eigenvalue weighted by Crippen LogP contribution is -2.33. The quantitative estimate of drug-likeness (QED) is 0.914. The van der Waals surface area contributed by atoms with Crippen molar-refractivity contribution < 1.29 is 9.53 Å². The highest BCUT2D eigenvalue weighted by molar-refractivity contribution is 6.30. The molecule has 4 heteroatoms. The van der Waals surface area contributed by atoms with Crippen LogP contribution in [0.1, 0.15) is 22.8 Å². The van der Waals surface area contributed by atoms with E-state index < -0.39 is 0 Å². The fourth-order valence-corrected chi connectivity index (χ4v) is 3.01. The molecule has 3 nitrogen and oxygen atoms in total. The Balaban J connectivity index is 1.58. The molecule has 0 amide bonds. The fraction of sp³-hybridized carbons (Fsp3) is 0.316. The normalized spacial score (nSPS) is 17.9. The third kappa shape index (κ3) is 4.64. The predicted octanol–water partition coefficient (Wildman–Crippen LogP) is 3.36. The van der Waals surface area contributed by atoms with Crippen LogP contribution >= 0.6 is 11.6 Å². The van der Waals surface area contributed by atoms with E-state index in [1.54, 1.807) is 0 Å². The molecule has 0 spiro atoms. The summed E-state index contributed by atoms with van der Waals surface area (Å²) in [7, 11) is 0. The summed E-state index contributed by atoms with van der Waals surface area (Å²) in [4.78, 5) is 12.2. The Hall–Kier alpha value is -1.68. The Labute approximate surface area is 141 Å². The van der Waals surface area contributed by atoms with Gasteiger partial charge in [-0.25, -0.2) is 0 Å². The van der Waals surface area contributed by atoms with Crippen molar-refractivity contribution in [3.05, 3.63) is 70.2 Å². The highest BCUT2D eigenvalue weighted by Crippen LogP contribution is 2.19. The number of halogens is 1. The van der Waals surface area contributed by atoms with Gasteiger partial charge in [0.1, 0.15) is 5.78 Å². The van der Waals surface area contributed by atoms with E-state index in [0.717, 1.165) is 36.4 Å². The summed E-state index contributed by atoms with van der Waals surface area (Å²) in [6, 6.07) is 15.6. The second-order valence-corrected chi connectivity index (χ2v) is 6.26. The monoisotopic (exact) mass is 329 g/mol. The van der Waals surface area contributed by atoms with E-state index in [1.165, 1.54) is 0 Å². The first-order chi connectivity index (χ1) is 11.2. The van der Waals surface area contributed by atoms with E-state index >= 15 is 0 Å². The SMILES string of the molecule is O=C(Cc1ccc(C2CNCCO2)cc1)Cc1cccc(Cl)c1. The smallest absolute Gasteiger partial charge is 0.141 e. The van der Waals surface area contributed by atoms with Gasteiger partial charge in [-0.2, -0.15) is 0 Å². The Morgan fingerprint density at radius 1 is 1.13 bits per heavy atom. The highest BCUT2D eigenvalue weighted by Gasteiger charge is 2.15. The second-order valence-electron chi connectivity index (χ2n) is 5.83. The summed E-state index contributed by atoms with van der Waals surface area (Å²) < 4.78 is 5.73. The molecular formula is C19H20ClNO2. The largest absolute Gasteiger partial charge is 0.371 e. The zero-order valence-electron chi connectivity index (χ0n) is 12.9. The number of carbonyl (C=O) groups excluding carboxylic acids is 1. The molecule has 1 atom stereocenters. The van der Waals surface area contributed by atoms with Crippen LogP contribution in [0, 0.1) is 0 Å². The number of carbonyl (C=O) groups is 1. The number of rotatable bonds is 5. The Morgan fingerprint density at radius 3 is 2.61 bits per heavy atom. The van der Waals surface area contributed by atoms with Crippen LogP contribution in [0.15, 0.2) is 48.5 Å². The molecule has 1 N–H and O–H groups in total. The van der Waals surface area contributed by atoms with Crippen LogP contribution < -0.4 is 5.32 Å². The minimum atomic E-state index is 0.111. The van der Waals surface area contributed by atoms with Crippen LogP contribution in [-0.4, -0.2) is 25.5 Å². The molecule has 1 aliphatic rings. The third-order valence-electron chi connectivity index (χ3n) is 3.97. The van der Waals surface area contributed by atoms with Crippen molar-refractivity contribution in [2.24, 2.45) is 0 Å². The average Bonchev–Trinajstić information content (AvgIpc) is 2.56. The van der Waals surface area contributed by atoms with Crippen molar-refractivity contribution in [2.75, 3.05) is 19.7 Å². The van der Waals surface area contributed by atoms with E-state index in [9.17, 15) is 4.79 Å². The van der Waals surface area contributed by atoms with E-state index in [4.69, 9.17) is 16.3 Å². The van der Waals surface area contributed by atoms with Gasteiger partial charge in [0.25, 0.3) is 0 Å². The van der Waals surface area contributed by atoms with Crippen molar-refractivity contribution in [1.29, 1.82) is 0 Å². The Bertz CT molecular complexity index is 663. The summed E-state index contributed by atoms with van der Waals surface area (Å²) in [5, 5.41) is 3.99. The van der Waals surface area contributed by atoms with E-state index in [1.807, 2.05) is 36.4 Å². The van der Waals surface area contributed by atoms with E-state index in [2.05, 4.69) is 17.4 Å². The van der Waals surface area contributed by atoms with Gasteiger partial charge in [0, 0.05) is 31.0 Å². The summed E-state index contributed by atoms with van der Waals surface area (Å²) in [5.41, 5.74) is 3.15. The van der Waals surface area contributed by atoms with Gasteiger partial charge in [-0.05, 0) is 28.8 Å². The molecule has 1 saturated heterocycles. The molecule has 1 heterocycles. The van der Waals surface area contributed by atoms with Crippen LogP contribution in [0.5, 0.6) is 0 Å². The molecule has 0 aliphatic carbocycles. The van der Waals surface area contributed by atoms with Crippen LogP contribution in [0.3, 0.4) is 0 Å². The standard InChI is InChI=1S/C19H20ClNO2/c20-17-3-1-2-15(10-17)12-18(22)11-14-4-6-16(7-5-14)19-13-21-8-9-23-19/h1-7,10,19,21H,8-9,11-13H2. The van der Waals surface area contributed by atoms with Crippen molar-refractivity contribution in [3.8, 4) is 0 Å². The molecular weight excluding hydrogens is 310 g/mol. The maximum atomic E-state index is 12.2. The molecule has 1 fully saturated rings. The molecule has 0 bridgehead atoms. The number of hydrogen-bond donors (Lipinski definition) is 1. The second kappa shape index (κ2) is 7.73. The molecule has 120 valence electrons. The first-order valence-electron chi connectivity index (χ1n) is 7.88. The van der Waals surface area contributed by atoms with Crippen molar-refractivity contribution in [2.45, 2.75) is 18.9 Å². The number of morpholine rings is 1. The molecule has 0 saturated carbocycles. The zero-order chi connectivity index (χ0) is 16.1. The average molecular weight is 330 g/mol. The third-order valence-corrected chi connectivity index (χ3v) is 4.21. The van der Waals surface area contributed by atoms with Gasteiger partial charge in [-0.3, -0.25) is 4.79 Å². The van der Waals surface area contributed by atoms with Gasteiger partial charge < -0.3 is 10.1 Å². The lowest BCUT2D eigenvalue weighted by molar-refractivity contribution is -0.117. The molecule has 1 aliphatic heterocycles. The molecule has 2 aromatic carbocycles. The molecule has 1 unspecified atom stereocenters. The Kier molecular flexibility index (Phi) is 5.44. The number of benzene rings is 2. The highest BCUT2D eigenvalue weighted by atomic mass is 35.5. The van der Waals surface area contributed by atoms with E-state index in [0.29, 0.717) is 17.9 Å². The lowest BCUT2D eigenvalue weighted by Gasteiger charge is -2.24. The van der Waals surface area contributed by atoms with Gasteiger partial charge in [-0.15, -0.1) is 0 Å². The first kappa shape index (κ1) is 16.2. The van der Waals surface area contributed by atoms with Gasteiger partial charge in [0.05, 0.1) is 12.7 Å². The number of ketones is 1. The van der Waals surface area contributed by atoms with Crippen molar-refractivity contribution >= 4 is 17.4 Å². The minimum absolute atomic E-state index is 0.111. The topological polar surface area (TPSA) is 38.3 Å². The fourth-order valence-electron chi connectivity index (χ4n) is 2.79. The van der Waals surface area contributed by atoms with Crippen molar-refractivity contribution in [1.82, 2.24) is 5.32 Å². The molecule has 3 rings (SSSR count). The lowest BCUT2D eigenvalue weighted by atomic mass is 10.0. The van der Waals surface area contributed by atoms with Crippen LogP contribution in [-0.2, 0) is 22.4 Å².